The first kappa shape index (κ1) is 33.9. The van der Waals surface area contributed by atoms with Gasteiger partial charge in [0.15, 0.2) is 0 Å². The van der Waals surface area contributed by atoms with E-state index in [0.717, 1.165) is 19.3 Å². The maximum Gasteiger partial charge on any atom is 0.412 e. The summed E-state index contributed by atoms with van der Waals surface area (Å²) in [5.74, 6) is 0.147. The van der Waals surface area contributed by atoms with Gasteiger partial charge in [-0.15, -0.1) is 0 Å². The molecule has 0 bridgehead atoms. The van der Waals surface area contributed by atoms with Crippen molar-refractivity contribution in [1.29, 1.82) is 0 Å². The van der Waals surface area contributed by atoms with Gasteiger partial charge in [-0.25, -0.2) is 27.2 Å². The van der Waals surface area contributed by atoms with E-state index in [1.165, 1.54) is 10.2 Å². The van der Waals surface area contributed by atoms with Crippen molar-refractivity contribution in [2.45, 2.75) is 69.0 Å². The van der Waals surface area contributed by atoms with Gasteiger partial charge in [-0.05, 0) is 88.9 Å². The van der Waals surface area contributed by atoms with Crippen LogP contribution in [-0.4, -0.2) is 52.0 Å². The van der Waals surface area contributed by atoms with E-state index in [1.807, 2.05) is 12.1 Å². The Morgan fingerprint density at radius 1 is 0.939 bits per heavy atom. The number of halogens is 1. The van der Waals surface area contributed by atoms with Gasteiger partial charge in [0.25, 0.3) is 15.9 Å². The highest BCUT2D eigenvalue weighted by Crippen LogP contribution is 2.36. The molecule has 3 aromatic carbocycles. The van der Waals surface area contributed by atoms with E-state index in [1.54, 1.807) is 93.7 Å². The van der Waals surface area contributed by atoms with Crippen molar-refractivity contribution in [3.63, 3.8) is 0 Å². The summed E-state index contributed by atoms with van der Waals surface area (Å²) in [4.78, 5) is 34.5. The Morgan fingerprint density at radius 2 is 1.63 bits per heavy atom. The zero-order chi connectivity index (χ0) is 34.8. The van der Waals surface area contributed by atoms with Crippen molar-refractivity contribution in [3.05, 3.63) is 102 Å². The summed E-state index contributed by atoms with van der Waals surface area (Å²) in [6, 6.07) is 22.0. The minimum atomic E-state index is -3.89. The highest BCUT2D eigenvalue weighted by atomic mass is 35.5. The molecule has 2 heterocycles. The van der Waals surface area contributed by atoms with Gasteiger partial charge in [-0.2, -0.15) is 0 Å². The van der Waals surface area contributed by atoms with Crippen LogP contribution in [0, 0.1) is 0 Å². The lowest BCUT2D eigenvalue weighted by molar-refractivity contribution is 0.0635. The summed E-state index contributed by atoms with van der Waals surface area (Å²) in [5.41, 5.74) is 1.86. The predicted octanol–water partition coefficient (Wildman–Crippen LogP) is 7.49. The third-order valence-corrected chi connectivity index (χ3v) is 10.1. The van der Waals surface area contributed by atoms with Gasteiger partial charge in [-0.3, -0.25) is 10.1 Å². The molecule has 11 nitrogen and oxygen atoms in total. The molecule has 3 N–H and O–H groups in total. The number of ether oxygens (including phenoxy) is 1. The Hall–Kier alpha value is -4.94. The second kappa shape index (κ2) is 13.9. The lowest BCUT2D eigenvalue weighted by atomic mass is 9.91. The van der Waals surface area contributed by atoms with Crippen LogP contribution < -0.4 is 16.0 Å². The largest absolute Gasteiger partial charge is 0.444 e. The van der Waals surface area contributed by atoms with E-state index in [2.05, 4.69) is 20.9 Å². The average molecular weight is 701 g/mol. The van der Waals surface area contributed by atoms with Crippen LogP contribution in [0.4, 0.5) is 16.4 Å². The zero-order valence-electron chi connectivity index (χ0n) is 27.3. The highest BCUT2D eigenvalue weighted by molar-refractivity contribution is 7.90. The third kappa shape index (κ3) is 7.87. The minimum Gasteiger partial charge on any atom is -0.444 e. The van der Waals surface area contributed by atoms with Crippen LogP contribution in [0.15, 0.2) is 96.2 Å². The molecule has 2 amide bonds. The van der Waals surface area contributed by atoms with E-state index in [0.29, 0.717) is 45.8 Å². The fourth-order valence-electron chi connectivity index (χ4n) is 5.90. The van der Waals surface area contributed by atoms with Crippen LogP contribution in [0.25, 0.3) is 22.2 Å². The van der Waals surface area contributed by atoms with Crippen LogP contribution in [0.5, 0.6) is 0 Å². The Kier molecular flexibility index (Phi) is 9.62. The molecule has 13 heteroatoms. The number of amides is 2. The maximum atomic E-state index is 13.6. The van der Waals surface area contributed by atoms with Crippen LogP contribution >= 0.6 is 11.6 Å². The fraction of sp³-hybridized carbons (Fsp3) is 0.278. The summed E-state index contributed by atoms with van der Waals surface area (Å²) in [7, 11) is -3.89. The molecule has 0 radical (unpaired) electrons. The lowest BCUT2D eigenvalue weighted by Gasteiger charge is -2.30. The van der Waals surface area contributed by atoms with Gasteiger partial charge >= 0.3 is 6.09 Å². The molecule has 0 aliphatic heterocycles. The van der Waals surface area contributed by atoms with Crippen molar-refractivity contribution in [2.24, 2.45) is 0 Å². The minimum absolute atomic E-state index is 0.0201. The summed E-state index contributed by atoms with van der Waals surface area (Å²) in [5, 5.41) is 10.2. The Morgan fingerprint density at radius 3 is 2.37 bits per heavy atom. The number of anilines is 2. The maximum absolute atomic E-state index is 13.6. The van der Waals surface area contributed by atoms with Crippen molar-refractivity contribution in [2.75, 3.05) is 10.6 Å². The summed E-state index contributed by atoms with van der Waals surface area (Å²) in [6.45, 7) is 5.36. The molecular weight excluding hydrogens is 664 g/mol. The number of rotatable bonds is 8. The van der Waals surface area contributed by atoms with E-state index in [9.17, 15) is 18.0 Å². The molecule has 1 aliphatic carbocycles. The van der Waals surface area contributed by atoms with Gasteiger partial charge < -0.3 is 15.4 Å². The highest BCUT2D eigenvalue weighted by Gasteiger charge is 2.26. The zero-order valence-corrected chi connectivity index (χ0v) is 28.9. The third-order valence-electron chi connectivity index (χ3n) is 8.11. The molecule has 0 spiro atoms. The summed E-state index contributed by atoms with van der Waals surface area (Å²) < 4.78 is 33.8. The van der Waals surface area contributed by atoms with E-state index in [4.69, 9.17) is 21.3 Å². The fourth-order valence-corrected chi connectivity index (χ4v) is 7.48. The van der Waals surface area contributed by atoms with Crippen molar-refractivity contribution in [3.8, 4) is 11.3 Å². The quantitative estimate of drug-likeness (QED) is 0.151. The second-order valence-electron chi connectivity index (χ2n) is 12.9. The number of nitrogens with zero attached hydrogens (tertiary/aromatic N) is 3. The monoisotopic (exact) mass is 700 g/mol. The number of carbonyl (C=O) groups is 2. The smallest absolute Gasteiger partial charge is 0.412 e. The van der Waals surface area contributed by atoms with Crippen molar-refractivity contribution >= 4 is 56.2 Å². The average Bonchev–Trinajstić information content (AvgIpc) is 3.46. The number of aromatic nitrogens is 3. The SMILES string of the molecule is CC(C)(C)OC(=O)Nc1ccc(C(=O)N[C@H]2CCC[C@@H](Nc3ncc(Cl)c(-c4cn(S(=O)(=O)c5ccccc5)c5ccccc45)n3)C2)cc1. The van der Waals surface area contributed by atoms with Crippen LogP contribution in [0.1, 0.15) is 56.8 Å². The van der Waals surface area contributed by atoms with Crippen molar-refractivity contribution < 1.29 is 22.7 Å². The molecule has 49 heavy (non-hydrogen) atoms. The molecule has 5 aromatic rings. The molecule has 2 atom stereocenters. The summed E-state index contributed by atoms with van der Waals surface area (Å²) in [6.07, 6.45) is 5.71. The molecular formula is C36H37ClN6O5S. The van der Waals surface area contributed by atoms with Gasteiger partial charge in [0, 0.05) is 40.5 Å². The van der Waals surface area contributed by atoms with E-state index >= 15 is 0 Å². The molecule has 1 aliphatic rings. The van der Waals surface area contributed by atoms with Gasteiger partial charge in [-0.1, -0.05) is 48.0 Å². The van der Waals surface area contributed by atoms with Crippen LogP contribution in [0.2, 0.25) is 5.02 Å². The molecule has 254 valence electrons. The van der Waals surface area contributed by atoms with Gasteiger partial charge in [0.2, 0.25) is 5.95 Å². The number of para-hydroxylation sites is 1. The lowest BCUT2D eigenvalue weighted by Crippen LogP contribution is -2.42. The Bertz CT molecular complexity index is 2100. The summed E-state index contributed by atoms with van der Waals surface area (Å²) >= 11 is 6.63. The van der Waals surface area contributed by atoms with Crippen molar-refractivity contribution in [1.82, 2.24) is 19.3 Å². The normalized spacial score (nSPS) is 16.6. The Balaban J connectivity index is 1.15. The number of nitrogens with one attached hydrogen (secondary N) is 3. The predicted molar refractivity (Wildman–Crippen MR) is 190 cm³/mol. The number of hydrogen-bond donors (Lipinski definition) is 3. The molecule has 2 aromatic heterocycles. The van der Waals surface area contributed by atoms with E-state index < -0.39 is 21.7 Å². The van der Waals surface area contributed by atoms with Crippen LogP contribution in [0.3, 0.4) is 0 Å². The topological polar surface area (TPSA) is 144 Å². The standard InChI is InChI=1S/C36H37ClN6O5S/c1-36(2,3)48-35(45)41-24-18-16-23(17-19-24)33(44)39-25-10-9-11-26(20-25)40-34-38-21-30(37)32(42-34)29-22-43(31-15-8-7-14-28(29)31)49(46,47)27-12-5-4-6-13-27/h4-8,12-19,21-22,25-26H,9-11,20H2,1-3H3,(H,39,44)(H,41,45)(H,38,40,42)/t25-,26+/m0/s1. The first-order valence-corrected chi connectivity index (χ1v) is 17.8. The molecule has 1 fully saturated rings. The number of fused-ring (bicyclic) bond motifs is 1. The number of benzene rings is 3. The molecule has 1 saturated carbocycles. The molecule has 0 unspecified atom stereocenters. The first-order chi connectivity index (χ1) is 23.4. The molecule has 6 rings (SSSR count). The number of carbonyl (C=O) groups excluding carboxylic acids is 2. The molecule has 0 saturated heterocycles. The van der Waals surface area contributed by atoms with E-state index in [-0.39, 0.29) is 27.9 Å². The van der Waals surface area contributed by atoms with Gasteiger partial charge in [0.05, 0.1) is 27.3 Å². The Labute approximate surface area is 290 Å². The number of hydrogen-bond acceptors (Lipinski definition) is 8. The first-order valence-electron chi connectivity index (χ1n) is 16.0. The van der Waals surface area contributed by atoms with Gasteiger partial charge in [0.1, 0.15) is 5.60 Å². The van der Waals surface area contributed by atoms with Crippen LogP contribution in [-0.2, 0) is 14.8 Å². The second-order valence-corrected chi connectivity index (χ2v) is 15.2.